The molecule has 0 aliphatic carbocycles. The topological polar surface area (TPSA) is 115 Å². The number of esters is 1. The number of alkyl carbamates (subject to hydrolysis) is 1. The Labute approximate surface area is 198 Å². The number of nitrogens with one attached hydrogen (secondary N) is 1. The van der Waals surface area contributed by atoms with Crippen LogP contribution in [-0.2, 0) is 16.1 Å². The van der Waals surface area contributed by atoms with Crippen molar-refractivity contribution < 1.29 is 28.6 Å². The van der Waals surface area contributed by atoms with Crippen molar-refractivity contribution in [2.24, 2.45) is 0 Å². The number of carbonyl (C=O) groups is 2. The first kappa shape index (κ1) is 23.1. The largest absolute Gasteiger partial charge is 0.507 e. The predicted molar refractivity (Wildman–Crippen MR) is 126 cm³/mol. The van der Waals surface area contributed by atoms with Crippen molar-refractivity contribution in [1.29, 1.82) is 0 Å². The first-order chi connectivity index (χ1) is 16.4. The second kappa shape index (κ2) is 9.84. The summed E-state index contributed by atoms with van der Waals surface area (Å²) in [5.74, 6) is -1.24. The Morgan fingerprint density at radius 3 is 2.59 bits per heavy atom. The fourth-order valence-corrected chi connectivity index (χ4v) is 3.55. The van der Waals surface area contributed by atoms with Crippen LogP contribution in [0.2, 0.25) is 5.02 Å². The number of halogens is 1. The Morgan fingerprint density at radius 1 is 1.09 bits per heavy atom. The standard InChI is InChI=1S/C25H20ClNO7/c1-2-18(27-25(31)32-13-14-6-4-3-5-7-14)24(30)33-16-11-19(28)22-21(12-16)34-20-10-15(26)8-9-17(20)23(22)29/h3-12,18,28H,2,13H2,1H3,(H,27,31)/t18-/m0/s1. The highest BCUT2D eigenvalue weighted by molar-refractivity contribution is 6.31. The minimum atomic E-state index is -0.997. The maximum absolute atomic E-state index is 12.8. The Morgan fingerprint density at radius 2 is 1.85 bits per heavy atom. The summed E-state index contributed by atoms with van der Waals surface area (Å²) in [6, 6.07) is 15.1. The first-order valence-electron chi connectivity index (χ1n) is 10.4. The second-order valence-corrected chi connectivity index (χ2v) is 7.91. The molecular formula is C25H20ClNO7. The number of phenolic OH excluding ortho intramolecular Hbond substituents is 1. The van der Waals surface area contributed by atoms with E-state index in [1.54, 1.807) is 25.1 Å². The molecule has 8 nitrogen and oxygen atoms in total. The minimum Gasteiger partial charge on any atom is -0.507 e. The van der Waals surface area contributed by atoms with E-state index in [-0.39, 0.29) is 40.7 Å². The van der Waals surface area contributed by atoms with Crippen molar-refractivity contribution in [3.63, 3.8) is 0 Å². The fourth-order valence-electron chi connectivity index (χ4n) is 3.39. The molecule has 0 radical (unpaired) electrons. The normalized spacial score (nSPS) is 11.8. The average molecular weight is 482 g/mol. The summed E-state index contributed by atoms with van der Waals surface area (Å²) in [6.07, 6.45) is -0.541. The molecule has 34 heavy (non-hydrogen) atoms. The molecule has 0 saturated heterocycles. The summed E-state index contributed by atoms with van der Waals surface area (Å²) >= 11 is 5.98. The van der Waals surface area contributed by atoms with Crippen molar-refractivity contribution in [3.05, 3.63) is 81.5 Å². The van der Waals surface area contributed by atoms with Crippen LogP contribution in [0.15, 0.2) is 69.9 Å². The molecule has 4 rings (SSSR count). The molecule has 9 heteroatoms. The molecular weight excluding hydrogens is 462 g/mol. The highest BCUT2D eigenvalue weighted by Crippen LogP contribution is 2.31. The lowest BCUT2D eigenvalue weighted by Crippen LogP contribution is -2.42. The molecule has 3 aromatic carbocycles. The van der Waals surface area contributed by atoms with Gasteiger partial charge in [0.1, 0.15) is 40.7 Å². The van der Waals surface area contributed by atoms with Gasteiger partial charge in [-0.15, -0.1) is 0 Å². The SMILES string of the molecule is CC[C@H](NC(=O)OCc1ccccc1)C(=O)Oc1cc(O)c2c(=O)c3ccc(Cl)cc3oc2c1. The second-order valence-electron chi connectivity index (χ2n) is 7.48. The summed E-state index contributed by atoms with van der Waals surface area (Å²) in [6.45, 7) is 1.74. The van der Waals surface area contributed by atoms with E-state index in [0.717, 1.165) is 11.6 Å². The number of amides is 1. The van der Waals surface area contributed by atoms with Gasteiger partial charge in [0.2, 0.25) is 5.43 Å². The number of fused-ring (bicyclic) bond motifs is 2. The summed E-state index contributed by atoms with van der Waals surface area (Å²) in [5.41, 5.74) is 0.598. The van der Waals surface area contributed by atoms with Crippen LogP contribution < -0.4 is 15.5 Å². The zero-order valence-corrected chi connectivity index (χ0v) is 18.8. The molecule has 0 saturated carbocycles. The molecule has 0 aliphatic rings. The first-order valence-corrected chi connectivity index (χ1v) is 10.8. The van der Waals surface area contributed by atoms with Crippen LogP contribution in [0.3, 0.4) is 0 Å². The number of hydrogen-bond acceptors (Lipinski definition) is 7. The van der Waals surface area contributed by atoms with Crippen LogP contribution in [0.5, 0.6) is 11.5 Å². The van der Waals surface area contributed by atoms with Crippen molar-refractivity contribution in [3.8, 4) is 11.5 Å². The quantitative estimate of drug-likeness (QED) is 0.228. The summed E-state index contributed by atoms with van der Waals surface area (Å²) in [7, 11) is 0. The van der Waals surface area contributed by atoms with Crippen LogP contribution in [0.4, 0.5) is 4.79 Å². The van der Waals surface area contributed by atoms with Gasteiger partial charge < -0.3 is 24.3 Å². The minimum absolute atomic E-state index is 0.0193. The zero-order valence-electron chi connectivity index (χ0n) is 18.0. The number of ether oxygens (including phenoxy) is 2. The lowest BCUT2D eigenvalue weighted by molar-refractivity contribution is -0.136. The van der Waals surface area contributed by atoms with E-state index in [0.29, 0.717) is 5.02 Å². The fraction of sp³-hybridized carbons (Fsp3) is 0.160. The predicted octanol–water partition coefficient (Wildman–Crippen LogP) is 4.92. The molecule has 1 heterocycles. The molecule has 0 spiro atoms. The number of aromatic hydroxyl groups is 1. The molecule has 4 aromatic rings. The van der Waals surface area contributed by atoms with Gasteiger partial charge in [-0.05, 0) is 24.1 Å². The van der Waals surface area contributed by atoms with Crippen molar-refractivity contribution in [2.75, 3.05) is 0 Å². The van der Waals surface area contributed by atoms with Crippen LogP contribution in [0, 0.1) is 0 Å². The Hall–Kier alpha value is -4.04. The highest BCUT2D eigenvalue weighted by atomic mass is 35.5. The summed E-state index contributed by atoms with van der Waals surface area (Å²) in [5, 5.41) is 13.4. The number of benzene rings is 3. The lowest BCUT2D eigenvalue weighted by Gasteiger charge is -2.16. The Kier molecular flexibility index (Phi) is 6.70. The Bertz CT molecular complexity index is 1430. The van der Waals surface area contributed by atoms with Gasteiger partial charge in [0.05, 0.1) is 5.39 Å². The maximum Gasteiger partial charge on any atom is 0.408 e. The highest BCUT2D eigenvalue weighted by Gasteiger charge is 2.23. The van der Waals surface area contributed by atoms with Crippen LogP contribution >= 0.6 is 11.6 Å². The molecule has 2 N–H and O–H groups in total. The average Bonchev–Trinajstić information content (AvgIpc) is 2.81. The molecule has 1 atom stereocenters. The van der Waals surface area contributed by atoms with Gasteiger partial charge in [-0.2, -0.15) is 0 Å². The molecule has 0 aliphatic heterocycles. The number of hydrogen-bond donors (Lipinski definition) is 2. The maximum atomic E-state index is 12.8. The van der Waals surface area contributed by atoms with E-state index in [9.17, 15) is 19.5 Å². The van der Waals surface area contributed by atoms with Gasteiger partial charge in [-0.1, -0.05) is 48.9 Å². The monoisotopic (exact) mass is 481 g/mol. The number of rotatable bonds is 6. The van der Waals surface area contributed by atoms with Gasteiger partial charge in [0.15, 0.2) is 0 Å². The van der Waals surface area contributed by atoms with Gasteiger partial charge in [0, 0.05) is 23.2 Å². The van der Waals surface area contributed by atoms with E-state index in [1.165, 1.54) is 18.2 Å². The van der Waals surface area contributed by atoms with Crippen LogP contribution in [0.25, 0.3) is 21.9 Å². The van der Waals surface area contributed by atoms with Gasteiger partial charge >= 0.3 is 12.1 Å². The van der Waals surface area contributed by atoms with E-state index in [4.69, 9.17) is 25.5 Å². The van der Waals surface area contributed by atoms with Crippen molar-refractivity contribution in [1.82, 2.24) is 5.32 Å². The third-order valence-corrected chi connectivity index (χ3v) is 5.34. The van der Waals surface area contributed by atoms with Gasteiger partial charge in [0.25, 0.3) is 0 Å². The smallest absolute Gasteiger partial charge is 0.408 e. The molecule has 0 bridgehead atoms. The van der Waals surface area contributed by atoms with Crippen LogP contribution in [0.1, 0.15) is 18.9 Å². The summed E-state index contributed by atoms with van der Waals surface area (Å²) in [4.78, 5) is 37.5. The number of phenols is 1. The van der Waals surface area contributed by atoms with E-state index >= 15 is 0 Å². The van der Waals surface area contributed by atoms with Gasteiger partial charge in [-0.25, -0.2) is 9.59 Å². The van der Waals surface area contributed by atoms with E-state index in [1.807, 2.05) is 18.2 Å². The lowest BCUT2D eigenvalue weighted by atomic mass is 10.1. The molecule has 0 fully saturated rings. The van der Waals surface area contributed by atoms with Gasteiger partial charge in [-0.3, -0.25) is 4.79 Å². The molecule has 1 amide bonds. The zero-order chi connectivity index (χ0) is 24.2. The molecule has 174 valence electrons. The summed E-state index contributed by atoms with van der Waals surface area (Å²) < 4.78 is 16.2. The molecule has 1 aromatic heterocycles. The van der Waals surface area contributed by atoms with Crippen LogP contribution in [-0.4, -0.2) is 23.2 Å². The third kappa shape index (κ3) is 4.97. The molecule has 0 unspecified atom stereocenters. The third-order valence-electron chi connectivity index (χ3n) is 5.11. The van der Waals surface area contributed by atoms with E-state index < -0.39 is 29.3 Å². The van der Waals surface area contributed by atoms with E-state index in [2.05, 4.69) is 5.32 Å². The number of carbonyl (C=O) groups excluding carboxylic acids is 2. The Balaban J connectivity index is 1.51. The van der Waals surface area contributed by atoms with Crippen molar-refractivity contribution >= 4 is 45.6 Å². The van der Waals surface area contributed by atoms with Crippen molar-refractivity contribution in [2.45, 2.75) is 26.0 Å².